The SMILES string of the molecule is COCCN1CCN(C(=O)c2ccncc2)CC1. The van der Waals surface area contributed by atoms with Crippen molar-refractivity contribution >= 4 is 5.91 Å². The van der Waals surface area contributed by atoms with Gasteiger partial charge in [-0.2, -0.15) is 0 Å². The second kappa shape index (κ2) is 6.47. The maximum absolute atomic E-state index is 12.2. The van der Waals surface area contributed by atoms with Gasteiger partial charge in [0, 0.05) is 57.8 Å². The summed E-state index contributed by atoms with van der Waals surface area (Å²) in [6, 6.07) is 3.53. The van der Waals surface area contributed by atoms with Crippen LogP contribution in [-0.4, -0.2) is 67.1 Å². The van der Waals surface area contributed by atoms with Crippen molar-refractivity contribution in [2.75, 3.05) is 46.4 Å². The Morgan fingerprint density at radius 1 is 1.28 bits per heavy atom. The van der Waals surface area contributed by atoms with E-state index in [2.05, 4.69) is 9.88 Å². The third-order valence-electron chi connectivity index (χ3n) is 3.20. The summed E-state index contributed by atoms with van der Waals surface area (Å²) in [5.41, 5.74) is 0.718. The topological polar surface area (TPSA) is 45.7 Å². The molecule has 18 heavy (non-hydrogen) atoms. The molecule has 1 aromatic heterocycles. The van der Waals surface area contributed by atoms with Gasteiger partial charge in [-0.05, 0) is 12.1 Å². The summed E-state index contributed by atoms with van der Waals surface area (Å²) in [5, 5.41) is 0. The molecule has 0 unspecified atom stereocenters. The lowest BCUT2D eigenvalue weighted by atomic mass is 10.2. The number of nitrogens with zero attached hydrogens (tertiary/aromatic N) is 3. The summed E-state index contributed by atoms with van der Waals surface area (Å²) >= 11 is 0. The van der Waals surface area contributed by atoms with Crippen molar-refractivity contribution in [1.29, 1.82) is 0 Å². The highest BCUT2D eigenvalue weighted by Gasteiger charge is 2.21. The molecular weight excluding hydrogens is 230 g/mol. The van der Waals surface area contributed by atoms with E-state index < -0.39 is 0 Å². The zero-order chi connectivity index (χ0) is 12.8. The minimum Gasteiger partial charge on any atom is -0.383 e. The van der Waals surface area contributed by atoms with Crippen LogP contribution >= 0.6 is 0 Å². The average Bonchev–Trinajstić information content (AvgIpc) is 2.46. The van der Waals surface area contributed by atoms with E-state index >= 15 is 0 Å². The molecule has 0 saturated carbocycles. The number of hydrogen-bond acceptors (Lipinski definition) is 4. The third-order valence-corrected chi connectivity index (χ3v) is 3.20. The van der Waals surface area contributed by atoms with E-state index in [0.29, 0.717) is 0 Å². The fraction of sp³-hybridized carbons (Fsp3) is 0.538. The van der Waals surface area contributed by atoms with Gasteiger partial charge in [0.2, 0.25) is 0 Å². The number of carbonyl (C=O) groups is 1. The van der Waals surface area contributed by atoms with Crippen LogP contribution in [0.1, 0.15) is 10.4 Å². The van der Waals surface area contributed by atoms with Crippen LogP contribution < -0.4 is 0 Å². The lowest BCUT2D eigenvalue weighted by Crippen LogP contribution is -2.49. The molecule has 5 heteroatoms. The molecule has 98 valence electrons. The Morgan fingerprint density at radius 3 is 2.56 bits per heavy atom. The first-order valence-electron chi connectivity index (χ1n) is 6.22. The van der Waals surface area contributed by atoms with Crippen LogP contribution in [0.3, 0.4) is 0 Å². The highest BCUT2D eigenvalue weighted by Crippen LogP contribution is 2.07. The number of ether oxygens (including phenoxy) is 1. The first-order valence-corrected chi connectivity index (χ1v) is 6.22. The van der Waals surface area contributed by atoms with Gasteiger partial charge >= 0.3 is 0 Å². The highest BCUT2D eigenvalue weighted by atomic mass is 16.5. The molecule has 1 aromatic rings. The third kappa shape index (κ3) is 3.27. The zero-order valence-corrected chi connectivity index (χ0v) is 10.7. The van der Waals surface area contributed by atoms with Crippen molar-refractivity contribution in [3.63, 3.8) is 0 Å². The fourth-order valence-corrected chi connectivity index (χ4v) is 2.07. The van der Waals surface area contributed by atoms with E-state index in [-0.39, 0.29) is 5.91 Å². The summed E-state index contributed by atoms with van der Waals surface area (Å²) in [7, 11) is 1.71. The van der Waals surface area contributed by atoms with Crippen molar-refractivity contribution < 1.29 is 9.53 Å². The van der Waals surface area contributed by atoms with Crippen molar-refractivity contribution in [1.82, 2.24) is 14.8 Å². The molecule has 2 rings (SSSR count). The van der Waals surface area contributed by atoms with E-state index in [4.69, 9.17) is 4.74 Å². The molecule has 5 nitrogen and oxygen atoms in total. The Kier molecular flexibility index (Phi) is 4.66. The Balaban J connectivity index is 1.84. The largest absolute Gasteiger partial charge is 0.383 e. The summed E-state index contributed by atoms with van der Waals surface area (Å²) in [6.07, 6.45) is 3.31. The number of amides is 1. The molecule has 1 amide bonds. The maximum Gasteiger partial charge on any atom is 0.254 e. The van der Waals surface area contributed by atoms with Gasteiger partial charge in [0.15, 0.2) is 0 Å². The Bertz CT molecular complexity index is 375. The molecule has 0 bridgehead atoms. The van der Waals surface area contributed by atoms with Crippen molar-refractivity contribution in [2.45, 2.75) is 0 Å². The average molecular weight is 249 g/mol. The molecular formula is C13H19N3O2. The summed E-state index contributed by atoms with van der Waals surface area (Å²) in [6.45, 7) is 5.09. The predicted octanol–water partition coefficient (Wildman–Crippen LogP) is 0.486. The van der Waals surface area contributed by atoms with Crippen LogP contribution in [0.25, 0.3) is 0 Å². The van der Waals surface area contributed by atoms with Crippen LogP contribution in [0.4, 0.5) is 0 Å². The van der Waals surface area contributed by atoms with Gasteiger partial charge in [-0.1, -0.05) is 0 Å². The molecule has 0 radical (unpaired) electrons. The van der Waals surface area contributed by atoms with Crippen molar-refractivity contribution in [2.24, 2.45) is 0 Å². The van der Waals surface area contributed by atoms with Crippen molar-refractivity contribution in [3.8, 4) is 0 Å². The molecule has 1 aliphatic rings. The number of carbonyl (C=O) groups excluding carboxylic acids is 1. The van der Waals surface area contributed by atoms with Gasteiger partial charge in [-0.15, -0.1) is 0 Å². The number of methoxy groups -OCH3 is 1. The van der Waals surface area contributed by atoms with E-state index in [0.717, 1.165) is 44.9 Å². The second-order valence-electron chi connectivity index (χ2n) is 4.36. The predicted molar refractivity (Wildman–Crippen MR) is 68.5 cm³/mol. The minimum atomic E-state index is 0.101. The number of piperazine rings is 1. The molecule has 0 spiro atoms. The van der Waals surface area contributed by atoms with Gasteiger partial charge in [0.1, 0.15) is 0 Å². The van der Waals surface area contributed by atoms with Gasteiger partial charge in [0.05, 0.1) is 6.61 Å². The van der Waals surface area contributed by atoms with E-state index in [1.807, 2.05) is 4.90 Å². The molecule has 0 atom stereocenters. The van der Waals surface area contributed by atoms with Crippen LogP contribution in [0.15, 0.2) is 24.5 Å². The Labute approximate surface area is 107 Å². The van der Waals surface area contributed by atoms with Crippen LogP contribution in [0.5, 0.6) is 0 Å². The minimum absolute atomic E-state index is 0.101. The van der Waals surface area contributed by atoms with Crippen LogP contribution in [0.2, 0.25) is 0 Å². The van der Waals surface area contributed by atoms with Gasteiger partial charge in [-0.3, -0.25) is 14.7 Å². The highest BCUT2D eigenvalue weighted by molar-refractivity contribution is 5.94. The Morgan fingerprint density at radius 2 is 1.94 bits per heavy atom. The van der Waals surface area contributed by atoms with Gasteiger partial charge in [-0.25, -0.2) is 0 Å². The monoisotopic (exact) mass is 249 g/mol. The molecule has 0 aromatic carbocycles. The molecule has 2 heterocycles. The summed E-state index contributed by atoms with van der Waals surface area (Å²) < 4.78 is 5.06. The molecule has 0 aliphatic carbocycles. The van der Waals surface area contributed by atoms with Crippen LogP contribution in [-0.2, 0) is 4.74 Å². The smallest absolute Gasteiger partial charge is 0.254 e. The quantitative estimate of drug-likeness (QED) is 0.779. The molecule has 0 N–H and O–H groups in total. The summed E-state index contributed by atoms with van der Waals surface area (Å²) in [5.74, 6) is 0.101. The number of pyridine rings is 1. The fourth-order valence-electron chi connectivity index (χ4n) is 2.07. The number of hydrogen-bond donors (Lipinski definition) is 0. The van der Waals surface area contributed by atoms with E-state index in [9.17, 15) is 4.79 Å². The van der Waals surface area contributed by atoms with Gasteiger partial charge in [0.25, 0.3) is 5.91 Å². The first kappa shape index (κ1) is 13.0. The zero-order valence-electron chi connectivity index (χ0n) is 10.7. The van der Waals surface area contributed by atoms with Crippen molar-refractivity contribution in [3.05, 3.63) is 30.1 Å². The lowest BCUT2D eigenvalue weighted by Gasteiger charge is -2.34. The lowest BCUT2D eigenvalue weighted by molar-refractivity contribution is 0.0594. The van der Waals surface area contributed by atoms with E-state index in [1.165, 1.54) is 0 Å². The standard InChI is InChI=1S/C13H19N3O2/c1-18-11-10-15-6-8-16(9-7-15)13(17)12-2-4-14-5-3-12/h2-5H,6-11H2,1H3. The molecule has 1 aliphatic heterocycles. The van der Waals surface area contributed by atoms with Gasteiger partial charge < -0.3 is 9.64 Å². The molecule has 1 saturated heterocycles. The Hall–Kier alpha value is -1.46. The number of rotatable bonds is 4. The molecule has 1 fully saturated rings. The van der Waals surface area contributed by atoms with Crippen LogP contribution in [0, 0.1) is 0 Å². The number of aromatic nitrogens is 1. The normalized spacial score (nSPS) is 16.8. The maximum atomic E-state index is 12.2. The van der Waals surface area contributed by atoms with E-state index in [1.54, 1.807) is 31.6 Å². The summed E-state index contributed by atoms with van der Waals surface area (Å²) in [4.78, 5) is 20.3. The second-order valence-corrected chi connectivity index (χ2v) is 4.36. The first-order chi connectivity index (χ1) is 8.81.